The summed E-state index contributed by atoms with van der Waals surface area (Å²) in [7, 11) is 0. The second kappa shape index (κ2) is 4.48. The minimum atomic E-state index is 0.350. The first-order valence-corrected chi connectivity index (χ1v) is 6.94. The van der Waals surface area contributed by atoms with Crippen LogP contribution in [0.5, 0.6) is 0 Å². The molecular weight excluding hydrogens is 234 g/mol. The van der Waals surface area contributed by atoms with Gasteiger partial charge in [-0.3, -0.25) is 0 Å². The van der Waals surface area contributed by atoms with E-state index in [4.69, 9.17) is 4.74 Å². The Hall–Kier alpha value is -1.64. The summed E-state index contributed by atoms with van der Waals surface area (Å²) in [4.78, 5) is 0. The number of ether oxygens (including phenoxy) is 1. The SMILES string of the molecule is c1ccc2c(c1)Cc1cc([C@@H]3COCCN3)ccc1-2. The molecule has 1 atom stereocenters. The third kappa shape index (κ3) is 1.88. The summed E-state index contributed by atoms with van der Waals surface area (Å²) < 4.78 is 5.56. The number of hydrogen-bond donors (Lipinski definition) is 1. The fraction of sp³-hybridized carbons (Fsp3) is 0.294. The predicted molar refractivity (Wildman–Crippen MR) is 76.2 cm³/mol. The lowest BCUT2D eigenvalue weighted by Gasteiger charge is -2.24. The van der Waals surface area contributed by atoms with Gasteiger partial charge in [-0.1, -0.05) is 42.5 Å². The van der Waals surface area contributed by atoms with Crippen molar-refractivity contribution in [3.63, 3.8) is 0 Å². The first-order valence-electron chi connectivity index (χ1n) is 6.94. The van der Waals surface area contributed by atoms with E-state index in [1.54, 1.807) is 0 Å². The maximum Gasteiger partial charge on any atom is 0.0662 e. The predicted octanol–water partition coefficient (Wildman–Crippen LogP) is 2.92. The highest BCUT2D eigenvalue weighted by Crippen LogP contribution is 2.37. The lowest BCUT2D eigenvalue weighted by Crippen LogP contribution is -2.34. The molecule has 0 radical (unpaired) electrons. The zero-order valence-corrected chi connectivity index (χ0v) is 10.9. The highest BCUT2D eigenvalue weighted by molar-refractivity contribution is 5.77. The molecule has 0 aromatic heterocycles. The van der Waals surface area contributed by atoms with E-state index < -0.39 is 0 Å². The van der Waals surface area contributed by atoms with Crippen LogP contribution in [0.15, 0.2) is 42.5 Å². The first kappa shape index (κ1) is 11.2. The number of morpholine rings is 1. The molecule has 1 heterocycles. The molecule has 1 fully saturated rings. The molecule has 2 aromatic rings. The average Bonchev–Trinajstić information content (AvgIpc) is 2.86. The topological polar surface area (TPSA) is 21.3 Å². The van der Waals surface area contributed by atoms with Crippen molar-refractivity contribution in [1.29, 1.82) is 0 Å². The van der Waals surface area contributed by atoms with Crippen molar-refractivity contribution in [3.05, 3.63) is 59.2 Å². The molecule has 0 bridgehead atoms. The second-order valence-corrected chi connectivity index (χ2v) is 5.33. The summed E-state index contributed by atoms with van der Waals surface area (Å²) in [6, 6.07) is 15.9. The Morgan fingerprint density at radius 1 is 1.00 bits per heavy atom. The summed E-state index contributed by atoms with van der Waals surface area (Å²) in [6.07, 6.45) is 1.06. The van der Waals surface area contributed by atoms with E-state index in [9.17, 15) is 0 Å². The van der Waals surface area contributed by atoms with Crippen LogP contribution in [-0.4, -0.2) is 19.8 Å². The van der Waals surface area contributed by atoms with E-state index in [1.165, 1.54) is 27.8 Å². The average molecular weight is 251 g/mol. The van der Waals surface area contributed by atoms with Crippen molar-refractivity contribution in [3.8, 4) is 11.1 Å². The van der Waals surface area contributed by atoms with Crippen molar-refractivity contribution in [1.82, 2.24) is 5.32 Å². The molecular formula is C17H17NO. The fourth-order valence-electron chi connectivity index (χ4n) is 3.16. The third-order valence-corrected chi connectivity index (χ3v) is 4.14. The van der Waals surface area contributed by atoms with Crippen LogP contribution in [0.25, 0.3) is 11.1 Å². The molecule has 4 rings (SSSR count). The zero-order chi connectivity index (χ0) is 12.7. The third-order valence-electron chi connectivity index (χ3n) is 4.14. The maximum atomic E-state index is 5.56. The van der Waals surface area contributed by atoms with Gasteiger partial charge in [0.05, 0.1) is 19.3 Å². The Bertz CT molecular complexity index is 614. The molecule has 2 heteroatoms. The second-order valence-electron chi connectivity index (χ2n) is 5.33. The molecule has 0 saturated carbocycles. The van der Waals surface area contributed by atoms with Crippen molar-refractivity contribution in [2.45, 2.75) is 12.5 Å². The molecule has 1 saturated heterocycles. The van der Waals surface area contributed by atoms with Crippen LogP contribution in [0.1, 0.15) is 22.7 Å². The summed E-state index contributed by atoms with van der Waals surface area (Å²) in [5, 5.41) is 3.52. The van der Waals surface area contributed by atoms with Crippen LogP contribution in [0.3, 0.4) is 0 Å². The van der Waals surface area contributed by atoms with Crippen molar-refractivity contribution >= 4 is 0 Å². The van der Waals surface area contributed by atoms with E-state index in [0.717, 1.165) is 26.2 Å². The van der Waals surface area contributed by atoms with Gasteiger partial charge >= 0.3 is 0 Å². The maximum absolute atomic E-state index is 5.56. The Morgan fingerprint density at radius 2 is 1.89 bits per heavy atom. The van der Waals surface area contributed by atoms with Crippen LogP contribution in [0, 0.1) is 0 Å². The van der Waals surface area contributed by atoms with Gasteiger partial charge in [0.25, 0.3) is 0 Å². The quantitative estimate of drug-likeness (QED) is 0.718. The molecule has 1 aliphatic carbocycles. The Labute approximate surface area is 113 Å². The fourth-order valence-corrected chi connectivity index (χ4v) is 3.16. The van der Waals surface area contributed by atoms with Gasteiger partial charge in [-0.15, -0.1) is 0 Å². The standard InChI is InChI=1S/C17H17NO/c1-2-4-15-12(3-1)9-14-10-13(5-6-16(14)15)17-11-19-8-7-18-17/h1-6,10,17-18H,7-9,11H2/t17-/m0/s1. The molecule has 1 N–H and O–H groups in total. The van der Waals surface area contributed by atoms with Gasteiger partial charge in [-0.25, -0.2) is 0 Å². The summed E-state index contributed by atoms with van der Waals surface area (Å²) in [6.45, 7) is 2.56. The molecule has 2 aliphatic rings. The Balaban J connectivity index is 1.71. The normalized spacial score (nSPS) is 20.9. The van der Waals surface area contributed by atoms with Crippen LogP contribution >= 0.6 is 0 Å². The van der Waals surface area contributed by atoms with Gasteiger partial charge in [0, 0.05) is 6.54 Å². The minimum absolute atomic E-state index is 0.350. The van der Waals surface area contributed by atoms with E-state index in [2.05, 4.69) is 47.8 Å². The van der Waals surface area contributed by atoms with Crippen LogP contribution in [-0.2, 0) is 11.2 Å². The number of fused-ring (bicyclic) bond motifs is 3. The zero-order valence-electron chi connectivity index (χ0n) is 10.9. The van der Waals surface area contributed by atoms with Crippen LogP contribution in [0.2, 0.25) is 0 Å². The van der Waals surface area contributed by atoms with Crippen LogP contribution in [0.4, 0.5) is 0 Å². The van der Waals surface area contributed by atoms with Gasteiger partial charge in [0.1, 0.15) is 0 Å². The smallest absolute Gasteiger partial charge is 0.0662 e. The first-order chi connectivity index (χ1) is 9.42. The number of hydrogen-bond acceptors (Lipinski definition) is 2. The van der Waals surface area contributed by atoms with E-state index >= 15 is 0 Å². The molecule has 19 heavy (non-hydrogen) atoms. The summed E-state index contributed by atoms with van der Waals surface area (Å²) in [5.74, 6) is 0. The van der Waals surface area contributed by atoms with Gasteiger partial charge in [-0.05, 0) is 34.2 Å². The van der Waals surface area contributed by atoms with E-state index in [0.29, 0.717) is 6.04 Å². The minimum Gasteiger partial charge on any atom is -0.378 e. The monoisotopic (exact) mass is 251 g/mol. The van der Waals surface area contributed by atoms with Crippen molar-refractivity contribution in [2.24, 2.45) is 0 Å². The summed E-state index contributed by atoms with van der Waals surface area (Å²) >= 11 is 0. The number of nitrogens with one attached hydrogen (secondary N) is 1. The van der Waals surface area contributed by atoms with Crippen molar-refractivity contribution < 1.29 is 4.74 Å². The lowest BCUT2D eigenvalue weighted by atomic mass is 9.99. The van der Waals surface area contributed by atoms with E-state index in [1.807, 2.05) is 0 Å². The molecule has 1 aliphatic heterocycles. The molecule has 96 valence electrons. The van der Waals surface area contributed by atoms with Gasteiger partial charge in [-0.2, -0.15) is 0 Å². The number of rotatable bonds is 1. The molecule has 2 nitrogen and oxygen atoms in total. The van der Waals surface area contributed by atoms with Crippen molar-refractivity contribution in [2.75, 3.05) is 19.8 Å². The Kier molecular flexibility index (Phi) is 2.64. The number of benzene rings is 2. The van der Waals surface area contributed by atoms with Crippen LogP contribution < -0.4 is 5.32 Å². The largest absolute Gasteiger partial charge is 0.378 e. The highest BCUT2D eigenvalue weighted by atomic mass is 16.5. The molecule has 2 aromatic carbocycles. The summed E-state index contributed by atoms with van der Waals surface area (Å²) in [5.41, 5.74) is 7.05. The van der Waals surface area contributed by atoms with Gasteiger partial charge < -0.3 is 10.1 Å². The lowest BCUT2D eigenvalue weighted by molar-refractivity contribution is 0.0769. The van der Waals surface area contributed by atoms with E-state index in [-0.39, 0.29) is 0 Å². The molecule has 0 unspecified atom stereocenters. The highest BCUT2D eigenvalue weighted by Gasteiger charge is 2.21. The van der Waals surface area contributed by atoms with Gasteiger partial charge in [0.2, 0.25) is 0 Å². The van der Waals surface area contributed by atoms with Gasteiger partial charge in [0.15, 0.2) is 0 Å². The molecule has 0 spiro atoms. The molecule has 0 amide bonds. The Morgan fingerprint density at radius 3 is 2.79 bits per heavy atom.